The van der Waals surface area contributed by atoms with Crippen molar-refractivity contribution in [1.82, 2.24) is 10.6 Å². The van der Waals surface area contributed by atoms with Crippen molar-refractivity contribution in [3.8, 4) is 0 Å². The van der Waals surface area contributed by atoms with Gasteiger partial charge in [-0.2, -0.15) is 4.58 Å². The Morgan fingerprint density at radius 2 is 1.37 bits per heavy atom. The summed E-state index contributed by atoms with van der Waals surface area (Å²) in [5, 5.41) is 5.76. The number of unbranched alkanes of at least 4 members (excludes halogenated alkanes) is 2. The Bertz CT molecular complexity index is 2820. The lowest BCUT2D eigenvalue weighted by Crippen LogP contribution is -2.31. The summed E-state index contributed by atoms with van der Waals surface area (Å²) in [6, 6.07) is 19.9. The number of hydrogen-bond donors (Lipinski definition) is 2. The van der Waals surface area contributed by atoms with E-state index >= 15 is 0 Å². The number of imide groups is 1. The molecule has 3 aromatic rings. The second-order valence-corrected chi connectivity index (χ2v) is 21.4. The van der Waals surface area contributed by atoms with Gasteiger partial charge in [0.2, 0.25) is 17.5 Å². The first-order valence-electron chi connectivity index (χ1n) is 22.9. The van der Waals surface area contributed by atoms with Gasteiger partial charge in [-0.1, -0.05) is 75.4 Å². The van der Waals surface area contributed by atoms with Crippen molar-refractivity contribution in [2.24, 2.45) is 5.92 Å². The van der Waals surface area contributed by atoms with E-state index in [9.17, 15) is 45.1 Å². The number of fused-ring (bicyclic) bond motifs is 2. The number of nitrogens with zero attached hydrogens (tertiary/aromatic N) is 3. The summed E-state index contributed by atoms with van der Waals surface area (Å²) in [4.78, 5) is 54.4. The van der Waals surface area contributed by atoms with Crippen LogP contribution in [0.2, 0.25) is 0 Å². The maximum Gasteiger partial charge on any atom is 0.251 e. The van der Waals surface area contributed by atoms with Gasteiger partial charge < -0.3 is 24.6 Å². The monoisotopic (exact) mass is 966 g/mol. The molecule has 68 heavy (non-hydrogen) atoms. The van der Waals surface area contributed by atoms with Crippen molar-refractivity contribution in [3.05, 3.63) is 137 Å². The Morgan fingerprint density at radius 1 is 0.735 bits per heavy atom. The van der Waals surface area contributed by atoms with E-state index in [4.69, 9.17) is 0 Å². The number of hydrogen-bond acceptors (Lipinski definition) is 11. The lowest BCUT2D eigenvalue weighted by Gasteiger charge is -2.27. The third-order valence-corrected chi connectivity index (χ3v) is 14.2. The Morgan fingerprint density at radius 3 is 2.03 bits per heavy atom. The second kappa shape index (κ2) is 21.5. The van der Waals surface area contributed by atoms with E-state index in [1.165, 1.54) is 6.07 Å². The molecule has 0 aliphatic carbocycles. The number of para-hydroxylation sites is 1. The number of amides is 4. The molecule has 1 unspecified atom stereocenters. The van der Waals surface area contributed by atoms with Crippen LogP contribution < -0.4 is 20.4 Å². The smallest absolute Gasteiger partial charge is 0.251 e. The SMILES string of the molecule is CC1CC(=O)N(c2cccc(C(=O)NCCCNC(=O)c3ccc4c(c3)C(C)(C)\C(=C/C=C/C=C/C=C/C3=[N+](CCCCS(=O)(=O)[O-])c5ccccc5C3(C)C)N4CCCCS(=O)(=O)[O-])c2)C1=O. The first kappa shape index (κ1) is 51.4. The Labute approximate surface area is 399 Å². The average Bonchev–Trinajstić information content (AvgIpc) is 3.75. The molecule has 2 N–H and O–H groups in total. The first-order valence-corrected chi connectivity index (χ1v) is 26.0. The molecule has 1 atom stereocenters. The highest BCUT2D eigenvalue weighted by Gasteiger charge is 2.44. The standard InChI is InChI=1S/C51H61N5O10S2/c1-36-33-46(57)56(49(36)60)39-20-17-19-37(34-39)47(58)52-27-18-28-53-48(59)38-25-26-43-41(35-38)51(4,5)45(55(43)30-14-16-32-68(64,65)66)24-10-8-6-7-9-23-44-50(2,3)40-21-11-12-22-42(40)54(44)29-13-15-31-67(61,62)63/h6-12,17,19-26,34-36H,13-16,18,27-33H2,1-5H3,(H3-,52,53,58,59,61,62,63,64,65,66)/p-1. The number of carbonyl (C=O) groups excluding carboxylic acids is 4. The quantitative estimate of drug-likeness (QED) is 0.0386. The molecule has 3 aromatic carbocycles. The van der Waals surface area contributed by atoms with E-state index in [1.54, 1.807) is 31.2 Å². The van der Waals surface area contributed by atoms with Gasteiger partial charge in [0.1, 0.15) is 6.54 Å². The minimum absolute atomic E-state index is 0.129. The molecule has 0 bridgehead atoms. The molecule has 3 aliphatic heterocycles. The maximum absolute atomic E-state index is 13.4. The van der Waals surface area contributed by atoms with E-state index in [0.29, 0.717) is 49.2 Å². The molecular weight excluding hydrogens is 907 g/mol. The van der Waals surface area contributed by atoms with Crippen LogP contribution in [-0.4, -0.2) is 97.5 Å². The highest BCUT2D eigenvalue weighted by molar-refractivity contribution is 7.85. The number of allylic oxidation sites excluding steroid dienone is 8. The van der Waals surface area contributed by atoms with Crippen molar-refractivity contribution in [2.75, 3.05) is 47.5 Å². The number of nitrogens with one attached hydrogen (secondary N) is 2. The highest BCUT2D eigenvalue weighted by Crippen LogP contribution is 2.48. The van der Waals surface area contributed by atoms with Gasteiger partial charge in [-0.15, -0.1) is 0 Å². The molecule has 17 heteroatoms. The van der Waals surface area contributed by atoms with Crippen molar-refractivity contribution >= 4 is 66.6 Å². The van der Waals surface area contributed by atoms with Gasteiger partial charge in [0.25, 0.3) is 11.8 Å². The minimum Gasteiger partial charge on any atom is -0.748 e. The van der Waals surface area contributed by atoms with Gasteiger partial charge in [0, 0.05) is 95.5 Å². The van der Waals surface area contributed by atoms with Crippen molar-refractivity contribution in [1.29, 1.82) is 0 Å². The number of benzene rings is 3. The van der Waals surface area contributed by atoms with Crippen LogP contribution in [0.25, 0.3) is 0 Å². The lowest BCUT2D eigenvalue weighted by molar-refractivity contribution is -0.438. The molecule has 15 nitrogen and oxygen atoms in total. The van der Waals surface area contributed by atoms with Crippen molar-refractivity contribution < 1.29 is 49.7 Å². The molecule has 4 amide bonds. The predicted octanol–water partition coefficient (Wildman–Crippen LogP) is 6.51. The zero-order chi connectivity index (χ0) is 49.4. The van der Waals surface area contributed by atoms with Crippen molar-refractivity contribution in [3.63, 3.8) is 0 Å². The van der Waals surface area contributed by atoms with Crippen LogP contribution in [0.3, 0.4) is 0 Å². The van der Waals surface area contributed by atoms with Gasteiger partial charge in [-0.3, -0.25) is 24.1 Å². The van der Waals surface area contributed by atoms with Crippen LogP contribution in [0.4, 0.5) is 17.1 Å². The van der Waals surface area contributed by atoms with E-state index in [0.717, 1.165) is 38.8 Å². The van der Waals surface area contributed by atoms with Gasteiger partial charge in [-0.25, -0.2) is 16.8 Å². The second-order valence-electron chi connectivity index (χ2n) is 18.4. The van der Waals surface area contributed by atoms with Crippen LogP contribution in [0.15, 0.2) is 115 Å². The molecule has 1 fully saturated rings. The summed E-state index contributed by atoms with van der Waals surface area (Å²) in [6.07, 6.45) is 15.7. The molecule has 1 saturated heterocycles. The van der Waals surface area contributed by atoms with Gasteiger partial charge in [0.05, 0.1) is 31.3 Å². The Kier molecular flexibility index (Phi) is 16.3. The molecule has 3 aliphatic rings. The molecule has 362 valence electrons. The van der Waals surface area contributed by atoms with E-state index < -0.39 is 43.1 Å². The van der Waals surface area contributed by atoms with E-state index in [2.05, 4.69) is 53.9 Å². The summed E-state index contributed by atoms with van der Waals surface area (Å²) in [5.41, 5.74) is 6.17. The van der Waals surface area contributed by atoms with Crippen LogP contribution in [0.5, 0.6) is 0 Å². The number of anilines is 2. The van der Waals surface area contributed by atoms with Crippen LogP contribution in [-0.2, 0) is 40.7 Å². The van der Waals surface area contributed by atoms with Gasteiger partial charge in [-0.05, 0) is 87.6 Å². The highest BCUT2D eigenvalue weighted by atomic mass is 32.2. The van der Waals surface area contributed by atoms with Crippen molar-refractivity contribution in [2.45, 2.75) is 84.0 Å². The molecule has 0 aromatic heterocycles. The zero-order valence-electron chi connectivity index (χ0n) is 39.2. The summed E-state index contributed by atoms with van der Waals surface area (Å²) >= 11 is 0. The molecule has 0 radical (unpaired) electrons. The third-order valence-electron chi connectivity index (χ3n) is 12.6. The first-order chi connectivity index (χ1) is 32.1. The normalized spacial score (nSPS) is 18.5. The zero-order valence-corrected chi connectivity index (χ0v) is 40.8. The Balaban J connectivity index is 1.10. The third kappa shape index (κ3) is 12.4. The minimum atomic E-state index is -4.36. The molecule has 0 saturated carbocycles. The number of rotatable bonds is 21. The summed E-state index contributed by atoms with van der Waals surface area (Å²) in [5.74, 6) is -2.52. The number of carbonyl (C=O) groups is 4. The van der Waals surface area contributed by atoms with Crippen LogP contribution >= 0.6 is 0 Å². The van der Waals surface area contributed by atoms with E-state index in [1.807, 2.05) is 72.9 Å². The maximum atomic E-state index is 13.4. The Hall–Kier alpha value is -6.01. The summed E-state index contributed by atoms with van der Waals surface area (Å²) in [7, 11) is -8.64. The van der Waals surface area contributed by atoms with Gasteiger partial charge in [0.15, 0.2) is 5.71 Å². The average molecular weight is 967 g/mol. The molecule has 3 heterocycles. The van der Waals surface area contributed by atoms with Gasteiger partial charge >= 0.3 is 0 Å². The summed E-state index contributed by atoms with van der Waals surface area (Å²) in [6.45, 7) is 11.6. The molecular formula is C51H60N5O10S2-. The fourth-order valence-corrected chi connectivity index (χ4v) is 10.2. The largest absolute Gasteiger partial charge is 0.748 e. The molecule has 6 rings (SSSR count). The fraction of sp³-hybridized carbons (Fsp3) is 0.392. The summed E-state index contributed by atoms with van der Waals surface area (Å²) < 4.78 is 69.9. The predicted molar refractivity (Wildman–Crippen MR) is 261 cm³/mol. The topological polar surface area (TPSA) is 216 Å². The molecule has 0 spiro atoms. The van der Waals surface area contributed by atoms with Crippen LogP contribution in [0.1, 0.15) is 105 Å². The van der Waals surface area contributed by atoms with Crippen LogP contribution in [0, 0.1) is 5.92 Å². The fourth-order valence-electron chi connectivity index (χ4n) is 9.06. The van der Waals surface area contributed by atoms with E-state index in [-0.39, 0.29) is 61.4 Å². The lowest BCUT2D eigenvalue weighted by atomic mass is 9.81.